The molecule has 0 aliphatic rings. The number of nitrogens with two attached hydrogens (primary N) is 1. The molecule has 0 fully saturated rings. The Morgan fingerprint density at radius 3 is 2.25 bits per heavy atom. The molecule has 1 unspecified atom stereocenters. The van der Waals surface area contributed by atoms with Crippen molar-refractivity contribution in [2.24, 2.45) is 5.73 Å². The number of halogens is 1. The van der Waals surface area contributed by atoms with Gasteiger partial charge in [0, 0.05) is 16.1 Å². The minimum absolute atomic E-state index is 0.0232. The minimum Gasteiger partial charge on any atom is -0.496 e. The Morgan fingerprint density at radius 1 is 1.31 bits per heavy atom. The van der Waals surface area contributed by atoms with Gasteiger partial charge in [0.15, 0.2) is 0 Å². The number of hydrogen-bond donors (Lipinski definition) is 1. The van der Waals surface area contributed by atoms with Gasteiger partial charge in [-0.15, -0.1) is 0 Å². The van der Waals surface area contributed by atoms with Crippen molar-refractivity contribution in [2.75, 3.05) is 7.11 Å². The molecule has 0 amide bonds. The summed E-state index contributed by atoms with van der Waals surface area (Å²) in [6.07, 6.45) is 0. The maximum absolute atomic E-state index is 6.03. The summed E-state index contributed by atoms with van der Waals surface area (Å²) in [6.45, 7) is 8.37. The van der Waals surface area contributed by atoms with Gasteiger partial charge in [-0.3, -0.25) is 0 Å². The van der Waals surface area contributed by atoms with Crippen molar-refractivity contribution in [3.8, 4) is 5.75 Å². The van der Waals surface area contributed by atoms with Crippen LogP contribution in [0.2, 0.25) is 0 Å². The summed E-state index contributed by atoms with van der Waals surface area (Å²) in [7, 11) is 1.71. The summed E-state index contributed by atoms with van der Waals surface area (Å²) in [5.41, 5.74) is 9.49. The van der Waals surface area contributed by atoms with Gasteiger partial charge in [-0.25, -0.2) is 0 Å². The molecular formula is C13H20BrNO. The van der Waals surface area contributed by atoms with Crippen LogP contribution >= 0.6 is 15.9 Å². The van der Waals surface area contributed by atoms with Crippen LogP contribution in [0.15, 0.2) is 10.5 Å². The van der Waals surface area contributed by atoms with Gasteiger partial charge >= 0.3 is 0 Å². The quantitative estimate of drug-likeness (QED) is 0.914. The van der Waals surface area contributed by atoms with Crippen LogP contribution in [0.1, 0.15) is 49.4 Å². The van der Waals surface area contributed by atoms with Crippen molar-refractivity contribution in [3.05, 3.63) is 27.2 Å². The molecule has 1 aromatic carbocycles. The lowest BCUT2D eigenvalue weighted by molar-refractivity contribution is 0.399. The Balaban J connectivity index is 3.55. The monoisotopic (exact) mass is 285 g/mol. The second kappa shape index (κ2) is 5.19. The van der Waals surface area contributed by atoms with Crippen molar-refractivity contribution in [2.45, 2.75) is 39.7 Å². The highest BCUT2D eigenvalue weighted by Gasteiger charge is 2.19. The maximum Gasteiger partial charge on any atom is 0.127 e. The van der Waals surface area contributed by atoms with E-state index in [2.05, 4.69) is 42.8 Å². The first kappa shape index (κ1) is 13.5. The predicted molar refractivity (Wildman–Crippen MR) is 72.1 cm³/mol. The van der Waals surface area contributed by atoms with E-state index in [1.807, 2.05) is 6.92 Å². The first-order chi connectivity index (χ1) is 7.40. The van der Waals surface area contributed by atoms with Crippen LogP contribution in [-0.2, 0) is 0 Å². The second-order valence-corrected chi connectivity index (χ2v) is 5.32. The summed E-state index contributed by atoms with van der Waals surface area (Å²) in [5, 5.41) is 0. The van der Waals surface area contributed by atoms with E-state index in [0.717, 1.165) is 21.3 Å². The van der Waals surface area contributed by atoms with Crippen molar-refractivity contribution in [3.63, 3.8) is 0 Å². The topological polar surface area (TPSA) is 35.2 Å². The first-order valence-electron chi connectivity index (χ1n) is 5.52. The molecular weight excluding hydrogens is 266 g/mol. The van der Waals surface area contributed by atoms with Crippen LogP contribution in [0.25, 0.3) is 0 Å². The van der Waals surface area contributed by atoms with Crippen LogP contribution in [-0.4, -0.2) is 7.11 Å². The normalized spacial score (nSPS) is 13.0. The summed E-state index contributed by atoms with van der Waals surface area (Å²) in [4.78, 5) is 0. The van der Waals surface area contributed by atoms with E-state index in [0.29, 0.717) is 5.92 Å². The zero-order valence-corrected chi connectivity index (χ0v) is 12.2. The lowest BCUT2D eigenvalue weighted by Gasteiger charge is -2.21. The summed E-state index contributed by atoms with van der Waals surface area (Å²) >= 11 is 3.59. The van der Waals surface area contributed by atoms with Gasteiger partial charge in [0.05, 0.1) is 7.11 Å². The SMILES string of the molecule is COc1c(C(C)C)cc(Br)c(C)c1C(C)N. The lowest BCUT2D eigenvalue weighted by atomic mass is 9.93. The molecule has 2 N–H and O–H groups in total. The third-order valence-corrected chi connectivity index (χ3v) is 3.66. The first-order valence-corrected chi connectivity index (χ1v) is 6.31. The predicted octanol–water partition coefficient (Wildman–Crippen LogP) is 3.91. The summed E-state index contributed by atoms with van der Waals surface area (Å²) in [5.74, 6) is 1.36. The second-order valence-electron chi connectivity index (χ2n) is 4.46. The Morgan fingerprint density at radius 2 is 1.88 bits per heavy atom. The van der Waals surface area contributed by atoms with Crippen LogP contribution in [0, 0.1) is 6.92 Å². The molecule has 1 atom stereocenters. The third kappa shape index (κ3) is 2.41. The van der Waals surface area contributed by atoms with E-state index in [9.17, 15) is 0 Å². The van der Waals surface area contributed by atoms with Gasteiger partial charge in [0.1, 0.15) is 5.75 Å². The van der Waals surface area contributed by atoms with E-state index in [4.69, 9.17) is 10.5 Å². The average molecular weight is 286 g/mol. The molecule has 0 aliphatic heterocycles. The maximum atomic E-state index is 6.03. The van der Waals surface area contributed by atoms with Crippen LogP contribution < -0.4 is 10.5 Å². The van der Waals surface area contributed by atoms with Gasteiger partial charge < -0.3 is 10.5 Å². The smallest absolute Gasteiger partial charge is 0.127 e. The summed E-state index contributed by atoms with van der Waals surface area (Å²) < 4.78 is 6.64. The largest absolute Gasteiger partial charge is 0.496 e. The lowest BCUT2D eigenvalue weighted by Crippen LogP contribution is -2.11. The molecule has 1 rings (SSSR count). The molecule has 0 aliphatic carbocycles. The molecule has 3 heteroatoms. The molecule has 0 heterocycles. The van der Waals surface area contributed by atoms with Crippen molar-refractivity contribution in [1.82, 2.24) is 0 Å². The van der Waals surface area contributed by atoms with Crippen molar-refractivity contribution >= 4 is 15.9 Å². The fourth-order valence-electron chi connectivity index (χ4n) is 1.97. The Labute approximate surface area is 106 Å². The van der Waals surface area contributed by atoms with E-state index >= 15 is 0 Å². The standard InChI is InChI=1S/C13H20BrNO/c1-7(2)10-6-11(14)8(3)12(9(4)15)13(10)16-5/h6-7,9H,15H2,1-5H3. The third-order valence-electron chi connectivity index (χ3n) is 2.83. The molecule has 0 spiro atoms. The molecule has 0 saturated carbocycles. The Kier molecular flexibility index (Phi) is 4.39. The molecule has 1 aromatic rings. The van der Waals surface area contributed by atoms with Gasteiger partial charge in [0.2, 0.25) is 0 Å². The van der Waals surface area contributed by atoms with E-state index in [1.54, 1.807) is 7.11 Å². The number of benzene rings is 1. The number of ether oxygens (including phenoxy) is 1. The van der Waals surface area contributed by atoms with Crippen LogP contribution in [0.4, 0.5) is 0 Å². The Bertz CT molecular complexity index is 386. The molecule has 0 radical (unpaired) electrons. The van der Waals surface area contributed by atoms with Gasteiger partial charge in [-0.2, -0.15) is 0 Å². The van der Waals surface area contributed by atoms with Crippen molar-refractivity contribution < 1.29 is 4.74 Å². The fraction of sp³-hybridized carbons (Fsp3) is 0.538. The zero-order valence-electron chi connectivity index (χ0n) is 10.6. The van der Waals surface area contributed by atoms with Gasteiger partial charge in [-0.05, 0) is 37.0 Å². The highest BCUT2D eigenvalue weighted by molar-refractivity contribution is 9.10. The number of rotatable bonds is 3. The van der Waals surface area contributed by atoms with Crippen molar-refractivity contribution in [1.29, 1.82) is 0 Å². The van der Waals surface area contributed by atoms with E-state index in [-0.39, 0.29) is 6.04 Å². The molecule has 2 nitrogen and oxygen atoms in total. The number of methoxy groups -OCH3 is 1. The molecule has 0 bridgehead atoms. The molecule has 0 saturated heterocycles. The molecule has 0 aromatic heterocycles. The zero-order chi connectivity index (χ0) is 12.5. The highest BCUT2D eigenvalue weighted by atomic mass is 79.9. The van der Waals surface area contributed by atoms with Gasteiger partial charge in [0.25, 0.3) is 0 Å². The number of hydrogen-bond acceptors (Lipinski definition) is 2. The summed E-state index contributed by atoms with van der Waals surface area (Å²) in [6, 6.07) is 2.11. The highest BCUT2D eigenvalue weighted by Crippen LogP contribution is 2.38. The van der Waals surface area contributed by atoms with Crippen LogP contribution in [0.5, 0.6) is 5.75 Å². The van der Waals surface area contributed by atoms with Gasteiger partial charge in [-0.1, -0.05) is 29.8 Å². The minimum atomic E-state index is -0.0232. The van der Waals surface area contributed by atoms with E-state index < -0.39 is 0 Å². The van der Waals surface area contributed by atoms with E-state index in [1.165, 1.54) is 5.56 Å². The van der Waals surface area contributed by atoms with Crippen LogP contribution in [0.3, 0.4) is 0 Å². The fourth-order valence-corrected chi connectivity index (χ4v) is 2.43. The molecule has 16 heavy (non-hydrogen) atoms. The average Bonchev–Trinajstić information content (AvgIpc) is 2.20. The molecule has 90 valence electrons. The Hall–Kier alpha value is -0.540.